The van der Waals surface area contributed by atoms with Crippen LogP contribution in [-0.4, -0.2) is 111 Å². The molecule has 1 unspecified atom stereocenters. The van der Waals surface area contributed by atoms with Crippen LogP contribution in [0, 0.1) is 41.4 Å². The Labute approximate surface area is 397 Å². The maximum absolute atomic E-state index is 14.7. The number of rotatable bonds is 16. The fraction of sp³-hybridized carbons (Fsp3) is 0.769. The third-order valence-electron chi connectivity index (χ3n) is 16.6. The van der Waals surface area contributed by atoms with E-state index >= 15 is 0 Å². The average molecular weight is 941 g/mol. The fourth-order valence-corrected chi connectivity index (χ4v) is 12.0. The minimum atomic E-state index is -1.52. The number of aliphatic hydroxyl groups excluding tert-OH is 1. The summed E-state index contributed by atoms with van der Waals surface area (Å²) in [6.07, 6.45) is 5.40. The Hall–Kier alpha value is -3.44. The number of carboxylic acids is 1. The number of carboxylic acid groups (broad SMARTS) is 1. The summed E-state index contributed by atoms with van der Waals surface area (Å²) < 4.78 is 39.9. The van der Waals surface area contributed by atoms with Crippen LogP contribution in [0.4, 0.5) is 0 Å². The lowest BCUT2D eigenvalue weighted by atomic mass is 9.72. The van der Waals surface area contributed by atoms with Gasteiger partial charge in [0.25, 0.3) is 0 Å². The highest BCUT2D eigenvalue weighted by molar-refractivity contribution is 6.35. The van der Waals surface area contributed by atoms with Gasteiger partial charge in [0, 0.05) is 42.2 Å². The molecule has 4 fully saturated rings. The number of Topliss-reactive ketones (excluding diaryl/α,β-unsaturated/α-hetero) is 1. The highest BCUT2D eigenvalue weighted by Gasteiger charge is 2.63. The van der Waals surface area contributed by atoms with Crippen molar-refractivity contribution in [3.8, 4) is 5.75 Å². The first-order valence-corrected chi connectivity index (χ1v) is 25.1. The molecule has 0 bridgehead atoms. The van der Waals surface area contributed by atoms with Crippen LogP contribution in [0.15, 0.2) is 36.4 Å². The number of ketones is 1. The number of aliphatic hydroxyl groups is 2. The minimum Gasteiger partial charge on any atom is -0.496 e. The van der Waals surface area contributed by atoms with Crippen molar-refractivity contribution in [1.29, 1.82) is 0 Å². The molecule has 0 aromatic heterocycles. The van der Waals surface area contributed by atoms with E-state index in [1.54, 1.807) is 31.2 Å². The zero-order valence-electron chi connectivity index (χ0n) is 41.7. The Morgan fingerprint density at radius 1 is 0.881 bits per heavy atom. The Morgan fingerprint density at radius 2 is 1.58 bits per heavy atom. The Kier molecular flexibility index (Phi) is 16.8. The molecule has 5 heterocycles. The molecule has 1 aromatic carbocycles. The molecule has 5 N–H and O–H groups in total. The van der Waals surface area contributed by atoms with E-state index in [0.29, 0.717) is 69.1 Å². The lowest BCUT2D eigenvalue weighted by molar-refractivity contribution is -0.398. The van der Waals surface area contributed by atoms with Gasteiger partial charge >= 0.3 is 17.8 Å². The molecule has 18 atom stereocenters. The van der Waals surface area contributed by atoms with Gasteiger partial charge in [0.15, 0.2) is 11.6 Å². The predicted molar refractivity (Wildman–Crippen MR) is 249 cm³/mol. The molecular weight excluding hydrogens is 861 g/mol. The largest absolute Gasteiger partial charge is 0.496 e. The highest BCUT2D eigenvalue weighted by Crippen LogP contribution is 2.54. The molecule has 5 aliphatic heterocycles. The maximum Gasteiger partial charge on any atom is 0.309 e. The van der Waals surface area contributed by atoms with Crippen molar-refractivity contribution in [3.05, 3.63) is 42.0 Å². The van der Waals surface area contributed by atoms with Crippen molar-refractivity contribution in [2.45, 2.75) is 205 Å². The van der Waals surface area contributed by atoms with Gasteiger partial charge < -0.3 is 54.4 Å². The van der Waals surface area contributed by atoms with Crippen molar-refractivity contribution in [2.24, 2.45) is 41.4 Å². The number of hydrogen-bond donors (Lipinski definition) is 5. The van der Waals surface area contributed by atoms with Gasteiger partial charge in [-0.2, -0.15) is 0 Å². The Balaban J connectivity index is 1.25. The summed E-state index contributed by atoms with van der Waals surface area (Å²) in [5.74, 6) is -7.85. The molecule has 1 aromatic rings. The van der Waals surface area contributed by atoms with Gasteiger partial charge in [-0.3, -0.25) is 19.2 Å². The van der Waals surface area contributed by atoms with Crippen LogP contribution >= 0.6 is 0 Å². The van der Waals surface area contributed by atoms with Crippen molar-refractivity contribution in [3.63, 3.8) is 0 Å². The first-order valence-electron chi connectivity index (χ1n) is 25.1. The summed E-state index contributed by atoms with van der Waals surface area (Å²) in [5, 5.41) is 38.7. The number of methoxy groups -OCH3 is 1. The molecule has 15 nitrogen and oxygen atoms in total. The SMILES string of the molecule is CCC(C(=O)[C@@H](C)[C@@H](O)[C@H](C)[C@@H]1O[C@@H]([C@@H](CC)C(=O)O)CC[C@@H]1C)[C@H]1O[C@]2(C=C[C@@H](NC(=O)C(=O)NCc3ccccc3OC)[C@]3(CC[C@@](C)([C@H]4CC[C@](O)(CC)[C@H](C)O4)O3)O2)[C@H](C)C[C@@H]1C. The van der Waals surface area contributed by atoms with Crippen LogP contribution in [0.25, 0.3) is 0 Å². The second kappa shape index (κ2) is 21.3. The molecule has 0 aliphatic carbocycles. The minimum absolute atomic E-state index is 0.0638. The smallest absolute Gasteiger partial charge is 0.309 e. The van der Waals surface area contributed by atoms with E-state index < -0.39 is 107 Å². The monoisotopic (exact) mass is 941 g/mol. The summed E-state index contributed by atoms with van der Waals surface area (Å²) >= 11 is 0. The first kappa shape index (κ1) is 52.9. The number of nitrogens with one attached hydrogen (secondary N) is 2. The van der Waals surface area contributed by atoms with E-state index in [2.05, 4.69) is 24.5 Å². The number of amides is 2. The summed E-state index contributed by atoms with van der Waals surface area (Å²) in [4.78, 5) is 54.0. The average Bonchev–Trinajstić information content (AvgIpc) is 3.65. The third-order valence-corrected chi connectivity index (χ3v) is 16.6. The highest BCUT2D eigenvalue weighted by atomic mass is 16.8. The number of ether oxygens (including phenoxy) is 6. The Bertz CT molecular complexity index is 1950. The topological polar surface area (TPSA) is 208 Å². The van der Waals surface area contributed by atoms with Gasteiger partial charge in [-0.25, -0.2) is 0 Å². The normalized spacial score (nSPS) is 38.7. The second-order valence-electron chi connectivity index (χ2n) is 20.9. The van der Waals surface area contributed by atoms with E-state index in [-0.39, 0.29) is 30.1 Å². The zero-order valence-corrected chi connectivity index (χ0v) is 41.7. The van der Waals surface area contributed by atoms with Crippen molar-refractivity contribution in [1.82, 2.24) is 10.6 Å². The molecule has 5 aliphatic rings. The van der Waals surface area contributed by atoms with Crippen molar-refractivity contribution in [2.75, 3.05) is 7.11 Å². The number of para-hydroxylation sites is 1. The van der Waals surface area contributed by atoms with Crippen LogP contribution in [0.2, 0.25) is 0 Å². The Morgan fingerprint density at radius 3 is 2.22 bits per heavy atom. The van der Waals surface area contributed by atoms with Crippen LogP contribution in [-0.2, 0) is 49.4 Å². The van der Waals surface area contributed by atoms with Crippen molar-refractivity contribution < 1.29 is 62.9 Å². The molecular formula is C52H80N2O13. The van der Waals surface area contributed by atoms with Crippen LogP contribution < -0.4 is 15.4 Å². The van der Waals surface area contributed by atoms with Gasteiger partial charge in [0.05, 0.1) is 60.9 Å². The fourth-order valence-electron chi connectivity index (χ4n) is 12.0. The lowest BCUT2D eigenvalue weighted by Crippen LogP contribution is -2.66. The van der Waals surface area contributed by atoms with Gasteiger partial charge in [0.2, 0.25) is 0 Å². The molecule has 4 saturated heterocycles. The zero-order chi connectivity index (χ0) is 49.2. The van der Waals surface area contributed by atoms with Crippen molar-refractivity contribution >= 4 is 23.6 Å². The summed E-state index contributed by atoms with van der Waals surface area (Å²) in [5.41, 5.74) is -1.17. The molecule has 0 saturated carbocycles. The standard InChI is InChI=1S/C52H80N2O13/c1-12-36(48(59)60)39-20-19-29(4)44(64-39)33(8)42(55)32(7)43(56)37(13-2)45-30(5)27-31(6)51(65-45)24-21-40(54-47(58)46(57)53-28-35-17-15-16-18-38(35)62-11)52(67-51)26-25-49(10,66-52)41-22-23-50(61,14-3)34(9)63-41/h15-18,21,24,29-34,36-37,39-42,44-45,55,61H,12-14,19-20,22-23,25-28H2,1-11H3,(H,53,57)(H,54,58)(H,59,60)/t29-,30-,31+,32-,33-,34-,36+,37?,39+,40+,41+,42+,44+,45-,49-,50+,51-,52-/m0/s1. The number of carbonyl (C=O) groups excluding carboxylic acids is 3. The van der Waals surface area contributed by atoms with Crippen LogP contribution in [0.3, 0.4) is 0 Å². The van der Waals surface area contributed by atoms with Gasteiger partial charge in [-0.15, -0.1) is 0 Å². The second-order valence-corrected chi connectivity index (χ2v) is 20.9. The molecule has 6 rings (SSSR count). The van der Waals surface area contributed by atoms with Crippen LogP contribution in [0.5, 0.6) is 5.75 Å². The molecule has 2 amide bonds. The van der Waals surface area contributed by atoms with E-state index in [1.165, 1.54) is 7.11 Å². The molecule has 2 spiro atoms. The summed E-state index contributed by atoms with van der Waals surface area (Å²) in [7, 11) is 1.54. The number of carbonyl (C=O) groups is 4. The summed E-state index contributed by atoms with van der Waals surface area (Å²) in [6, 6.07) is 6.29. The van der Waals surface area contributed by atoms with Gasteiger partial charge in [-0.05, 0) is 95.6 Å². The third kappa shape index (κ3) is 10.7. The predicted octanol–water partition coefficient (Wildman–Crippen LogP) is 6.64. The van der Waals surface area contributed by atoms with Gasteiger partial charge in [-0.1, -0.05) is 79.7 Å². The van der Waals surface area contributed by atoms with E-state index in [9.17, 15) is 34.5 Å². The van der Waals surface area contributed by atoms with Crippen LogP contribution in [0.1, 0.15) is 139 Å². The number of hydrogen-bond acceptors (Lipinski definition) is 12. The van der Waals surface area contributed by atoms with E-state index in [1.807, 2.05) is 60.6 Å². The molecule has 0 radical (unpaired) electrons. The number of aliphatic carboxylic acids is 1. The maximum atomic E-state index is 14.7. The van der Waals surface area contributed by atoms with E-state index in [4.69, 9.17) is 28.4 Å². The van der Waals surface area contributed by atoms with E-state index in [0.717, 1.165) is 6.42 Å². The summed E-state index contributed by atoms with van der Waals surface area (Å²) in [6.45, 7) is 19.4. The quantitative estimate of drug-likeness (QED) is 0.0872. The number of benzene rings is 1. The molecule has 15 heteroatoms. The van der Waals surface area contributed by atoms with Gasteiger partial charge in [0.1, 0.15) is 17.6 Å². The molecule has 67 heavy (non-hydrogen) atoms. The molecule has 376 valence electrons. The first-order chi connectivity index (χ1) is 31.6. The lowest BCUT2D eigenvalue weighted by Gasteiger charge is -2.55.